The standard InChI is InChI=1S/C15H19NS/c1-15(2,3)12-8-6-11(7-9-12)14(16)13-5-4-10-17-13/h4-10,14H,16H2,1-3H3/t14-/m1/s1. The molecule has 2 N–H and O–H groups in total. The van der Waals surface area contributed by atoms with E-state index in [9.17, 15) is 0 Å². The third kappa shape index (κ3) is 2.76. The van der Waals surface area contributed by atoms with Crippen LogP contribution in [0.2, 0.25) is 0 Å². The van der Waals surface area contributed by atoms with Crippen molar-refractivity contribution in [1.82, 2.24) is 0 Å². The molecule has 2 aromatic rings. The summed E-state index contributed by atoms with van der Waals surface area (Å²) in [4.78, 5) is 1.22. The molecule has 1 aromatic heterocycles. The van der Waals surface area contributed by atoms with Crippen molar-refractivity contribution in [3.8, 4) is 0 Å². The van der Waals surface area contributed by atoms with Gasteiger partial charge in [-0.3, -0.25) is 0 Å². The minimum atomic E-state index is 0.00372. The van der Waals surface area contributed by atoms with E-state index in [1.54, 1.807) is 11.3 Å². The average Bonchev–Trinajstić information content (AvgIpc) is 2.80. The minimum absolute atomic E-state index is 0.00372. The van der Waals surface area contributed by atoms with Crippen LogP contribution < -0.4 is 5.73 Å². The molecule has 2 rings (SSSR count). The molecule has 0 aliphatic rings. The Morgan fingerprint density at radius 1 is 1.06 bits per heavy atom. The number of hydrogen-bond donors (Lipinski definition) is 1. The molecule has 0 fully saturated rings. The van der Waals surface area contributed by atoms with E-state index >= 15 is 0 Å². The molecule has 0 spiro atoms. The molecule has 0 bridgehead atoms. The van der Waals surface area contributed by atoms with Crippen molar-refractivity contribution in [1.29, 1.82) is 0 Å². The summed E-state index contributed by atoms with van der Waals surface area (Å²) in [7, 11) is 0. The third-order valence-electron chi connectivity index (χ3n) is 2.99. The van der Waals surface area contributed by atoms with Gasteiger partial charge in [-0.15, -0.1) is 11.3 Å². The maximum absolute atomic E-state index is 6.23. The minimum Gasteiger partial charge on any atom is -0.320 e. The highest BCUT2D eigenvalue weighted by Crippen LogP contribution is 2.27. The van der Waals surface area contributed by atoms with E-state index in [2.05, 4.69) is 56.5 Å². The summed E-state index contributed by atoms with van der Waals surface area (Å²) in [5.74, 6) is 0. The smallest absolute Gasteiger partial charge is 0.0645 e. The van der Waals surface area contributed by atoms with Crippen molar-refractivity contribution in [3.63, 3.8) is 0 Å². The zero-order chi connectivity index (χ0) is 12.5. The van der Waals surface area contributed by atoms with E-state index in [1.807, 2.05) is 6.07 Å². The molecule has 0 radical (unpaired) electrons. The first-order chi connectivity index (χ1) is 7.98. The van der Waals surface area contributed by atoms with Crippen LogP contribution in [0.25, 0.3) is 0 Å². The number of rotatable bonds is 2. The first-order valence-electron chi connectivity index (χ1n) is 5.88. The predicted molar refractivity (Wildman–Crippen MR) is 75.5 cm³/mol. The number of thiophene rings is 1. The van der Waals surface area contributed by atoms with Crippen molar-refractivity contribution in [3.05, 3.63) is 57.8 Å². The summed E-state index contributed by atoms with van der Waals surface area (Å²) in [5.41, 5.74) is 8.96. The first-order valence-corrected chi connectivity index (χ1v) is 6.76. The molecule has 1 atom stereocenters. The lowest BCUT2D eigenvalue weighted by Gasteiger charge is -2.20. The predicted octanol–water partition coefficient (Wildman–Crippen LogP) is 4.09. The highest BCUT2D eigenvalue weighted by atomic mass is 32.1. The third-order valence-corrected chi connectivity index (χ3v) is 3.94. The quantitative estimate of drug-likeness (QED) is 0.847. The molecule has 17 heavy (non-hydrogen) atoms. The van der Waals surface area contributed by atoms with Gasteiger partial charge in [0.2, 0.25) is 0 Å². The van der Waals surface area contributed by atoms with E-state index in [4.69, 9.17) is 5.73 Å². The Morgan fingerprint density at radius 2 is 1.71 bits per heavy atom. The normalized spacial score (nSPS) is 13.6. The Kier molecular flexibility index (Phi) is 3.36. The van der Waals surface area contributed by atoms with Crippen LogP contribution in [0, 0.1) is 0 Å². The van der Waals surface area contributed by atoms with Crippen LogP contribution in [0.1, 0.15) is 42.8 Å². The summed E-state index contributed by atoms with van der Waals surface area (Å²) in [5, 5.41) is 2.07. The van der Waals surface area contributed by atoms with Crippen LogP contribution in [0.3, 0.4) is 0 Å². The fourth-order valence-electron chi connectivity index (χ4n) is 1.82. The SMILES string of the molecule is CC(C)(C)c1ccc([C@@H](N)c2cccs2)cc1. The van der Waals surface area contributed by atoms with Crippen molar-refractivity contribution in [2.45, 2.75) is 32.2 Å². The van der Waals surface area contributed by atoms with Gasteiger partial charge in [0.1, 0.15) is 0 Å². The maximum atomic E-state index is 6.23. The molecule has 1 nitrogen and oxygen atoms in total. The summed E-state index contributed by atoms with van der Waals surface area (Å²) in [6.07, 6.45) is 0. The van der Waals surface area contributed by atoms with Gasteiger partial charge in [0.25, 0.3) is 0 Å². The van der Waals surface area contributed by atoms with E-state index in [0.717, 1.165) is 0 Å². The molecule has 0 saturated carbocycles. The summed E-state index contributed by atoms with van der Waals surface area (Å²) >= 11 is 1.71. The highest BCUT2D eigenvalue weighted by Gasteiger charge is 2.15. The molecular weight excluding hydrogens is 226 g/mol. The Morgan fingerprint density at radius 3 is 2.18 bits per heavy atom. The Labute approximate surface area is 107 Å². The molecular formula is C15H19NS. The molecule has 0 unspecified atom stereocenters. The lowest BCUT2D eigenvalue weighted by Crippen LogP contribution is -2.13. The zero-order valence-corrected chi connectivity index (χ0v) is 11.4. The Hall–Kier alpha value is -1.12. The van der Waals surface area contributed by atoms with Gasteiger partial charge in [0.15, 0.2) is 0 Å². The van der Waals surface area contributed by atoms with Gasteiger partial charge in [-0.1, -0.05) is 51.1 Å². The average molecular weight is 245 g/mol. The highest BCUT2D eigenvalue weighted by molar-refractivity contribution is 7.10. The van der Waals surface area contributed by atoms with Crippen LogP contribution in [-0.2, 0) is 5.41 Å². The van der Waals surface area contributed by atoms with Gasteiger partial charge >= 0.3 is 0 Å². The largest absolute Gasteiger partial charge is 0.320 e. The van der Waals surface area contributed by atoms with Gasteiger partial charge in [0, 0.05) is 4.88 Å². The Bertz CT molecular complexity index is 463. The fourth-order valence-corrected chi connectivity index (χ4v) is 2.58. The molecule has 1 aromatic carbocycles. The molecule has 0 saturated heterocycles. The van der Waals surface area contributed by atoms with Crippen LogP contribution >= 0.6 is 11.3 Å². The lowest BCUT2D eigenvalue weighted by molar-refractivity contribution is 0.590. The van der Waals surface area contributed by atoms with Gasteiger partial charge in [-0.2, -0.15) is 0 Å². The van der Waals surface area contributed by atoms with Gasteiger partial charge < -0.3 is 5.73 Å². The molecule has 90 valence electrons. The van der Waals surface area contributed by atoms with Crippen molar-refractivity contribution in [2.75, 3.05) is 0 Å². The number of benzene rings is 1. The van der Waals surface area contributed by atoms with E-state index < -0.39 is 0 Å². The second-order valence-electron chi connectivity index (χ2n) is 5.37. The fraction of sp³-hybridized carbons (Fsp3) is 0.333. The van der Waals surface area contributed by atoms with Gasteiger partial charge in [0.05, 0.1) is 6.04 Å². The Balaban J connectivity index is 2.24. The molecule has 0 amide bonds. The van der Waals surface area contributed by atoms with Crippen molar-refractivity contribution < 1.29 is 0 Å². The topological polar surface area (TPSA) is 26.0 Å². The van der Waals surface area contributed by atoms with Crippen LogP contribution in [-0.4, -0.2) is 0 Å². The van der Waals surface area contributed by atoms with E-state index in [0.29, 0.717) is 0 Å². The number of hydrogen-bond acceptors (Lipinski definition) is 2. The summed E-state index contributed by atoms with van der Waals surface area (Å²) in [6, 6.07) is 12.8. The monoisotopic (exact) mass is 245 g/mol. The molecule has 1 heterocycles. The van der Waals surface area contributed by atoms with Gasteiger partial charge in [-0.05, 0) is 28.0 Å². The second kappa shape index (κ2) is 4.63. The lowest BCUT2D eigenvalue weighted by atomic mass is 9.86. The van der Waals surface area contributed by atoms with Crippen LogP contribution in [0.15, 0.2) is 41.8 Å². The summed E-state index contributed by atoms with van der Waals surface area (Å²) < 4.78 is 0. The van der Waals surface area contributed by atoms with Gasteiger partial charge in [-0.25, -0.2) is 0 Å². The van der Waals surface area contributed by atoms with Crippen molar-refractivity contribution in [2.24, 2.45) is 5.73 Å². The molecule has 0 aliphatic heterocycles. The first kappa shape index (κ1) is 12.3. The zero-order valence-electron chi connectivity index (χ0n) is 10.6. The van der Waals surface area contributed by atoms with Crippen LogP contribution in [0.5, 0.6) is 0 Å². The van der Waals surface area contributed by atoms with E-state index in [-0.39, 0.29) is 11.5 Å². The second-order valence-corrected chi connectivity index (χ2v) is 6.34. The van der Waals surface area contributed by atoms with Crippen molar-refractivity contribution >= 4 is 11.3 Å². The maximum Gasteiger partial charge on any atom is 0.0645 e. The molecule has 0 aliphatic carbocycles. The summed E-state index contributed by atoms with van der Waals surface area (Å²) in [6.45, 7) is 6.67. The van der Waals surface area contributed by atoms with Crippen LogP contribution in [0.4, 0.5) is 0 Å². The number of nitrogens with two attached hydrogens (primary N) is 1. The van der Waals surface area contributed by atoms with E-state index in [1.165, 1.54) is 16.0 Å². The molecule has 2 heteroatoms.